The molecule has 2 rings (SSSR count). The molecule has 0 saturated heterocycles. The Kier molecular flexibility index (Phi) is 6.03. The molecule has 0 bridgehead atoms. The number of carbonyl (C=O) groups is 1. The quantitative estimate of drug-likeness (QED) is 0.793. The highest BCUT2D eigenvalue weighted by Crippen LogP contribution is 2.18. The molecular formula is C18H22N2O4S. The van der Waals surface area contributed by atoms with Crippen molar-refractivity contribution in [2.75, 3.05) is 17.6 Å². The molecule has 0 radical (unpaired) electrons. The monoisotopic (exact) mass is 362 g/mol. The van der Waals surface area contributed by atoms with Crippen LogP contribution in [0.15, 0.2) is 42.5 Å². The summed E-state index contributed by atoms with van der Waals surface area (Å²) < 4.78 is 30.7. The van der Waals surface area contributed by atoms with Crippen molar-refractivity contribution in [1.82, 2.24) is 5.32 Å². The van der Waals surface area contributed by atoms with Gasteiger partial charge in [0.05, 0.1) is 18.6 Å². The van der Waals surface area contributed by atoms with Gasteiger partial charge >= 0.3 is 0 Å². The first kappa shape index (κ1) is 18.8. The third-order valence-corrected chi connectivity index (χ3v) is 4.05. The van der Waals surface area contributed by atoms with Gasteiger partial charge in [-0.25, -0.2) is 8.42 Å². The van der Waals surface area contributed by atoms with E-state index in [1.807, 2.05) is 31.2 Å². The molecule has 2 N–H and O–H groups in total. The number of rotatable bonds is 7. The van der Waals surface area contributed by atoms with Crippen LogP contribution in [-0.2, 0) is 16.6 Å². The first-order chi connectivity index (χ1) is 11.8. The van der Waals surface area contributed by atoms with Crippen LogP contribution in [0, 0.1) is 6.92 Å². The molecule has 2 aromatic rings. The van der Waals surface area contributed by atoms with Gasteiger partial charge in [-0.1, -0.05) is 18.2 Å². The first-order valence-electron chi connectivity index (χ1n) is 7.87. The molecule has 0 unspecified atom stereocenters. The molecule has 0 fully saturated rings. The van der Waals surface area contributed by atoms with Crippen LogP contribution in [0.1, 0.15) is 28.4 Å². The van der Waals surface area contributed by atoms with Crippen molar-refractivity contribution in [2.24, 2.45) is 0 Å². The van der Waals surface area contributed by atoms with E-state index in [9.17, 15) is 13.2 Å². The Labute approximate surface area is 148 Å². The molecule has 25 heavy (non-hydrogen) atoms. The molecule has 2 aromatic carbocycles. The molecule has 0 aliphatic heterocycles. The highest BCUT2D eigenvalue weighted by Gasteiger charge is 2.11. The average Bonchev–Trinajstić information content (AvgIpc) is 2.54. The summed E-state index contributed by atoms with van der Waals surface area (Å²) in [5, 5.41) is 2.82. The van der Waals surface area contributed by atoms with E-state index in [4.69, 9.17) is 4.74 Å². The maximum absolute atomic E-state index is 12.3. The minimum Gasteiger partial charge on any atom is -0.494 e. The average molecular weight is 362 g/mol. The van der Waals surface area contributed by atoms with Gasteiger partial charge in [-0.05, 0) is 49.2 Å². The van der Waals surface area contributed by atoms with Crippen molar-refractivity contribution in [3.8, 4) is 5.75 Å². The van der Waals surface area contributed by atoms with E-state index >= 15 is 0 Å². The van der Waals surface area contributed by atoms with Crippen molar-refractivity contribution >= 4 is 21.6 Å². The molecular weight excluding hydrogens is 340 g/mol. The lowest BCUT2D eigenvalue weighted by molar-refractivity contribution is 0.0951. The molecule has 0 saturated carbocycles. The van der Waals surface area contributed by atoms with E-state index in [1.165, 1.54) is 6.07 Å². The zero-order valence-corrected chi connectivity index (χ0v) is 15.3. The van der Waals surface area contributed by atoms with Crippen molar-refractivity contribution in [1.29, 1.82) is 0 Å². The van der Waals surface area contributed by atoms with Gasteiger partial charge in [0.25, 0.3) is 5.91 Å². The van der Waals surface area contributed by atoms with Gasteiger partial charge in [0.15, 0.2) is 0 Å². The van der Waals surface area contributed by atoms with Gasteiger partial charge in [0.2, 0.25) is 10.0 Å². The smallest absolute Gasteiger partial charge is 0.251 e. The van der Waals surface area contributed by atoms with Gasteiger partial charge in [0, 0.05) is 12.1 Å². The fourth-order valence-corrected chi connectivity index (χ4v) is 2.89. The second-order valence-corrected chi connectivity index (χ2v) is 7.42. The number of nitrogens with one attached hydrogen (secondary N) is 2. The number of amides is 1. The van der Waals surface area contributed by atoms with E-state index in [1.54, 1.807) is 19.1 Å². The summed E-state index contributed by atoms with van der Waals surface area (Å²) in [6.07, 6.45) is 1.07. The van der Waals surface area contributed by atoms with Crippen LogP contribution in [0.25, 0.3) is 0 Å². The molecule has 6 nitrogen and oxygen atoms in total. The number of benzene rings is 2. The zero-order valence-electron chi connectivity index (χ0n) is 14.5. The number of carbonyl (C=O) groups excluding carboxylic acids is 1. The highest BCUT2D eigenvalue weighted by molar-refractivity contribution is 7.92. The Morgan fingerprint density at radius 3 is 2.60 bits per heavy atom. The molecule has 7 heteroatoms. The number of anilines is 1. The molecule has 0 heterocycles. The molecule has 0 aliphatic rings. The zero-order chi connectivity index (χ0) is 18.4. The lowest BCUT2D eigenvalue weighted by Gasteiger charge is -2.11. The fraction of sp³-hybridized carbons (Fsp3) is 0.278. The predicted molar refractivity (Wildman–Crippen MR) is 98.4 cm³/mol. The second-order valence-electron chi connectivity index (χ2n) is 5.67. The second kappa shape index (κ2) is 8.02. The SMILES string of the molecule is CCOc1cccc(CNC(=O)c2ccc(C)c(NS(C)(=O)=O)c2)c1. The van der Waals surface area contributed by atoms with E-state index < -0.39 is 10.0 Å². The van der Waals surface area contributed by atoms with Crippen LogP contribution in [0.3, 0.4) is 0 Å². The number of hydrogen-bond donors (Lipinski definition) is 2. The molecule has 0 aromatic heterocycles. The van der Waals surface area contributed by atoms with Crippen LogP contribution in [0.5, 0.6) is 5.75 Å². The van der Waals surface area contributed by atoms with E-state index in [0.29, 0.717) is 24.4 Å². The molecule has 0 atom stereocenters. The minimum absolute atomic E-state index is 0.279. The van der Waals surface area contributed by atoms with Gasteiger partial charge in [-0.2, -0.15) is 0 Å². The predicted octanol–water partition coefficient (Wildman–Crippen LogP) is 2.70. The van der Waals surface area contributed by atoms with Crippen molar-refractivity contribution < 1.29 is 17.9 Å². The van der Waals surface area contributed by atoms with Crippen LogP contribution in [0.2, 0.25) is 0 Å². The third kappa shape index (κ3) is 5.79. The van der Waals surface area contributed by atoms with Crippen molar-refractivity contribution in [3.63, 3.8) is 0 Å². The standard InChI is InChI=1S/C18H22N2O4S/c1-4-24-16-7-5-6-14(10-16)12-19-18(21)15-9-8-13(2)17(11-15)20-25(3,22)23/h5-11,20H,4,12H2,1-3H3,(H,19,21). The summed E-state index contributed by atoms with van der Waals surface area (Å²) in [6, 6.07) is 12.4. The Bertz CT molecular complexity index is 863. The third-order valence-electron chi connectivity index (χ3n) is 3.46. The van der Waals surface area contributed by atoms with Crippen molar-refractivity contribution in [2.45, 2.75) is 20.4 Å². The molecule has 134 valence electrons. The molecule has 0 spiro atoms. The topological polar surface area (TPSA) is 84.5 Å². The van der Waals surface area contributed by atoms with E-state index in [-0.39, 0.29) is 5.91 Å². The Morgan fingerprint density at radius 2 is 1.92 bits per heavy atom. The highest BCUT2D eigenvalue weighted by atomic mass is 32.2. The lowest BCUT2D eigenvalue weighted by Crippen LogP contribution is -2.23. The minimum atomic E-state index is -3.40. The first-order valence-corrected chi connectivity index (χ1v) is 9.76. The number of ether oxygens (including phenoxy) is 1. The Balaban J connectivity index is 2.08. The molecule has 0 aliphatic carbocycles. The Hall–Kier alpha value is -2.54. The van der Waals surface area contributed by atoms with Crippen LogP contribution in [0.4, 0.5) is 5.69 Å². The van der Waals surface area contributed by atoms with E-state index in [0.717, 1.165) is 23.1 Å². The van der Waals surface area contributed by atoms with Gasteiger partial charge in [-0.3, -0.25) is 9.52 Å². The maximum atomic E-state index is 12.3. The van der Waals surface area contributed by atoms with Gasteiger partial charge < -0.3 is 10.1 Å². The summed E-state index contributed by atoms with van der Waals surface area (Å²) in [4.78, 5) is 12.3. The molecule has 1 amide bonds. The fourth-order valence-electron chi connectivity index (χ4n) is 2.27. The van der Waals surface area contributed by atoms with Crippen molar-refractivity contribution in [3.05, 3.63) is 59.2 Å². The number of aryl methyl sites for hydroxylation is 1. The summed E-state index contributed by atoms with van der Waals surface area (Å²) in [6.45, 7) is 4.61. The Morgan fingerprint density at radius 1 is 1.16 bits per heavy atom. The van der Waals surface area contributed by atoms with Gasteiger partial charge in [-0.15, -0.1) is 0 Å². The maximum Gasteiger partial charge on any atom is 0.251 e. The number of sulfonamides is 1. The number of hydrogen-bond acceptors (Lipinski definition) is 4. The van der Waals surface area contributed by atoms with E-state index in [2.05, 4.69) is 10.0 Å². The summed E-state index contributed by atoms with van der Waals surface area (Å²) in [5.74, 6) is 0.475. The van der Waals surface area contributed by atoms with Crippen LogP contribution in [-0.4, -0.2) is 27.2 Å². The normalized spacial score (nSPS) is 11.0. The van der Waals surface area contributed by atoms with Crippen LogP contribution < -0.4 is 14.8 Å². The summed E-state index contributed by atoms with van der Waals surface area (Å²) in [7, 11) is -3.40. The summed E-state index contributed by atoms with van der Waals surface area (Å²) in [5.41, 5.74) is 2.44. The lowest BCUT2D eigenvalue weighted by atomic mass is 10.1. The largest absolute Gasteiger partial charge is 0.494 e. The van der Waals surface area contributed by atoms with Crippen LogP contribution >= 0.6 is 0 Å². The van der Waals surface area contributed by atoms with Gasteiger partial charge in [0.1, 0.15) is 5.75 Å². The summed E-state index contributed by atoms with van der Waals surface area (Å²) >= 11 is 0.